The van der Waals surface area contributed by atoms with Crippen molar-refractivity contribution in [3.8, 4) is 5.75 Å². The fourth-order valence-corrected chi connectivity index (χ4v) is 2.13. The van der Waals surface area contributed by atoms with E-state index >= 15 is 0 Å². The van der Waals surface area contributed by atoms with Crippen LogP contribution in [0.1, 0.15) is 15.9 Å². The standard InChI is InChI=1S/C15H13ClFNO3/c1-21-14-3-2-10(15(19)20)6-13(14)18-8-9-4-11(16)7-12(17)5-9/h2-7,18H,8H2,1H3,(H,19,20). The van der Waals surface area contributed by atoms with Crippen molar-refractivity contribution in [3.63, 3.8) is 0 Å². The van der Waals surface area contributed by atoms with Crippen molar-refractivity contribution in [1.29, 1.82) is 0 Å². The Balaban J connectivity index is 2.21. The number of benzene rings is 2. The maximum Gasteiger partial charge on any atom is 0.335 e. The lowest BCUT2D eigenvalue weighted by Gasteiger charge is -2.12. The van der Waals surface area contributed by atoms with Gasteiger partial charge in [-0.05, 0) is 42.0 Å². The van der Waals surface area contributed by atoms with Crippen LogP contribution in [0.2, 0.25) is 5.02 Å². The number of nitrogens with one attached hydrogen (secondary N) is 1. The minimum absolute atomic E-state index is 0.135. The van der Waals surface area contributed by atoms with Gasteiger partial charge in [0.25, 0.3) is 0 Å². The highest BCUT2D eigenvalue weighted by Gasteiger charge is 2.09. The van der Waals surface area contributed by atoms with Gasteiger partial charge in [0.2, 0.25) is 0 Å². The maximum atomic E-state index is 13.3. The Kier molecular flexibility index (Phi) is 4.65. The number of halogens is 2. The summed E-state index contributed by atoms with van der Waals surface area (Å²) in [7, 11) is 1.49. The van der Waals surface area contributed by atoms with Crippen molar-refractivity contribution in [2.24, 2.45) is 0 Å². The zero-order valence-electron chi connectivity index (χ0n) is 11.2. The Morgan fingerprint density at radius 2 is 2.10 bits per heavy atom. The number of anilines is 1. The molecule has 0 heterocycles. The summed E-state index contributed by atoms with van der Waals surface area (Å²) in [5, 5.41) is 12.3. The van der Waals surface area contributed by atoms with Crippen molar-refractivity contribution in [2.45, 2.75) is 6.54 Å². The third-order valence-electron chi connectivity index (χ3n) is 2.85. The second-order valence-corrected chi connectivity index (χ2v) is 4.79. The Labute approximate surface area is 126 Å². The molecular weight excluding hydrogens is 297 g/mol. The predicted octanol–water partition coefficient (Wildman–Crippen LogP) is 3.80. The molecule has 0 saturated carbocycles. The number of carboxylic acid groups (broad SMARTS) is 1. The molecule has 0 aliphatic rings. The molecule has 0 aromatic heterocycles. The zero-order valence-corrected chi connectivity index (χ0v) is 11.9. The summed E-state index contributed by atoms with van der Waals surface area (Å²) in [6.45, 7) is 0.289. The molecule has 0 unspecified atom stereocenters. The van der Waals surface area contributed by atoms with E-state index in [-0.39, 0.29) is 12.1 Å². The highest BCUT2D eigenvalue weighted by Crippen LogP contribution is 2.26. The van der Waals surface area contributed by atoms with Crippen LogP contribution in [-0.2, 0) is 6.54 Å². The van der Waals surface area contributed by atoms with Crippen LogP contribution in [0.4, 0.5) is 10.1 Å². The van der Waals surface area contributed by atoms with Gasteiger partial charge in [0, 0.05) is 11.6 Å². The summed E-state index contributed by atoms with van der Waals surface area (Å²) in [5.74, 6) is -0.956. The number of ether oxygens (including phenoxy) is 1. The third kappa shape index (κ3) is 3.86. The van der Waals surface area contributed by atoms with Crippen molar-refractivity contribution in [2.75, 3.05) is 12.4 Å². The number of hydrogen-bond acceptors (Lipinski definition) is 3. The number of hydrogen-bond donors (Lipinski definition) is 2. The zero-order chi connectivity index (χ0) is 15.4. The molecule has 0 fully saturated rings. The maximum absolute atomic E-state index is 13.3. The first-order chi connectivity index (χ1) is 9.99. The molecule has 0 radical (unpaired) electrons. The number of carboxylic acids is 1. The molecule has 0 bridgehead atoms. The lowest BCUT2D eigenvalue weighted by atomic mass is 10.1. The molecule has 4 nitrogen and oxygen atoms in total. The fraction of sp³-hybridized carbons (Fsp3) is 0.133. The topological polar surface area (TPSA) is 58.6 Å². The van der Waals surface area contributed by atoms with Gasteiger partial charge in [0.15, 0.2) is 0 Å². The molecule has 110 valence electrons. The molecule has 2 aromatic rings. The smallest absolute Gasteiger partial charge is 0.335 e. The highest BCUT2D eigenvalue weighted by molar-refractivity contribution is 6.30. The van der Waals surface area contributed by atoms with Gasteiger partial charge in [-0.15, -0.1) is 0 Å². The lowest BCUT2D eigenvalue weighted by molar-refractivity contribution is 0.0697. The molecule has 2 rings (SSSR count). The van der Waals surface area contributed by atoms with Gasteiger partial charge < -0.3 is 15.2 Å². The lowest BCUT2D eigenvalue weighted by Crippen LogP contribution is -2.04. The van der Waals surface area contributed by atoms with Crippen molar-refractivity contribution in [1.82, 2.24) is 0 Å². The second kappa shape index (κ2) is 6.45. The normalized spacial score (nSPS) is 10.2. The van der Waals surface area contributed by atoms with Crippen LogP contribution in [0.15, 0.2) is 36.4 Å². The Hall–Kier alpha value is -2.27. The second-order valence-electron chi connectivity index (χ2n) is 4.35. The van der Waals surface area contributed by atoms with Crippen LogP contribution in [0.25, 0.3) is 0 Å². The van der Waals surface area contributed by atoms with Crippen LogP contribution in [0.3, 0.4) is 0 Å². The summed E-state index contributed by atoms with van der Waals surface area (Å²) in [5.41, 5.74) is 1.29. The van der Waals surface area contributed by atoms with Gasteiger partial charge in [-0.2, -0.15) is 0 Å². The van der Waals surface area contributed by atoms with E-state index in [9.17, 15) is 9.18 Å². The van der Waals surface area contributed by atoms with Crippen molar-refractivity contribution < 1.29 is 19.0 Å². The quantitative estimate of drug-likeness (QED) is 0.882. The summed E-state index contributed by atoms with van der Waals surface area (Å²) >= 11 is 5.79. The molecule has 0 aliphatic carbocycles. The summed E-state index contributed by atoms with van der Waals surface area (Å²) in [6, 6.07) is 8.67. The third-order valence-corrected chi connectivity index (χ3v) is 3.07. The molecule has 0 amide bonds. The number of rotatable bonds is 5. The van der Waals surface area contributed by atoms with Crippen molar-refractivity contribution >= 4 is 23.3 Å². The predicted molar refractivity (Wildman–Crippen MR) is 78.7 cm³/mol. The van der Waals surface area contributed by atoms with Gasteiger partial charge in [-0.3, -0.25) is 0 Å². The molecule has 21 heavy (non-hydrogen) atoms. The van der Waals surface area contributed by atoms with Gasteiger partial charge in [-0.25, -0.2) is 9.18 Å². The van der Waals surface area contributed by atoms with E-state index in [0.717, 1.165) is 0 Å². The van der Waals surface area contributed by atoms with E-state index in [0.29, 0.717) is 22.0 Å². The van der Waals surface area contributed by atoms with Crippen LogP contribution in [0, 0.1) is 5.82 Å². The van der Waals surface area contributed by atoms with E-state index in [1.165, 1.54) is 31.4 Å². The number of methoxy groups -OCH3 is 1. The highest BCUT2D eigenvalue weighted by atomic mass is 35.5. The summed E-state index contributed by atoms with van der Waals surface area (Å²) in [4.78, 5) is 11.0. The fourth-order valence-electron chi connectivity index (χ4n) is 1.89. The molecule has 6 heteroatoms. The number of aromatic carboxylic acids is 1. The first-order valence-electron chi connectivity index (χ1n) is 6.10. The number of carbonyl (C=O) groups is 1. The first kappa shape index (κ1) is 15.1. The van der Waals surface area contributed by atoms with E-state index in [4.69, 9.17) is 21.4 Å². The Morgan fingerprint density at radius 3 is 2.71 bits per heavy atom. The largest absolute Gasteiger partial charge is 0.495 e. The van der Waals surface area contributed by atoms with Crippen LogP contribution in [-0.4, -0.2) is 18.2 Å². The van der Waals surface area contributed by atoms with E-state index in [2.05, 4.69) is 5.32 Å². The van der Waals surface area contributed by atoms with Crippen LogP contribution in [0.5, 0.6) is 5.75 Å². The van der Waals surface area contributed by atoms with E-state index < -0.39 is 11.8 Å². The molecule has 0 aliphatic heterocycles. The van der Waals surface area contributed by atoms with Gasteiger partial charge >= 0.3 is 5.97 Å². The van der Waals surface area contributed by atoms with Crippen LogP contribution < -0.4 is 10.1 Å². The Bertz CT molecular complexity index is 656. The van der Waals surface area contributed by atoms with Crippen LogP contribution >= 0.6 is 11.6 Å². The van der Waals surface area contributed by atoms with Gasteiger partial charge in [0.1, 0.15) is 11.6 Å². The minimum Gasteiger partial charge on any atom is -0.495 e. The average molecular weight is 310 g/mol. The first-order valence-corrected chi connectivity index (χ1v) is 6.47. The Morgan fingerprint density at radius 1 is 1.33 bits per heavy atom. The molecule has 0 saturated heterocycles. The van der Waals surface area contributed by atoms with Gasteiger partial charge in [0.05, 0.1) is 18.4 Å². The monoisotopic (exact) mass is 309 g/mol. The minimum atomic E-state index is -1.03. The molecule has 2 N–H and O–H groups in total. The average Bonchev–Trinajstić information content (AvgIpc) is 2.43. The van der Waals surface area contributed by atoms with E-state index in [1.54, 1.807) is 12.1 Å². The summed E-state index contributed by atoms with van der Waals surface area (Å²) in [6.07, 6.45) is 0. The SMILES string of the molecule is COc1ccc(C(=O)O)cc1NCc1cc(F)cc(Cl)c1. The molecular formula is C15H13ClFNO3. The van der Waals surface area contributed by atoms with Gasteiger partial charge in [-0.1, -0.05) is 11.6 Å². The van der Waals surface area contributed by atoms with E-state index in [1.807, 2.05) is 0 Å². The molecule has 0 spiro atoms. The summed E-state index contributed by atoms with van der Waals surface area (Å²) < 4.78 is 18.4. The molecule has 0 atom stereocenters. The van der Waals surface area contributed by atoms with Crippen molar-refractivity contribution in [3.05, 3.63) is 58.4 Å². The molecule has 2 aromatic carbocycles.